The fourth-order valence-corrected chi connectivity index (χ4v) is 3.60. The van der Waals surface area contributed by atoms with Gasteiger partial charge in [-0.15, -0.1) is 0 Å². The number of hydrogen-bond donors (Lipinski definition) is 2. The van der Waals surface area contributed by atoms with Crippen LogP contribution in [0.15, 0.2) is 0 Å². The Morgan fingerprint density at radius 3 is 2.74 bits per heavy atom. The molecule has 1 aliphatic carbocycles. The lowest BCUT2D eigenvalue weighted by Crippen LogP contribution is -2.19. The van der Waals surface area contributed by atoms with Gasteiger partial charge in [-0.05, 0) is 43.5 Å². The van der Waals surface area contributed by atoms with Crippen molar-refractivity contribution < 1.29 is 0 Å². The Morgan fingerprint density at radius 1 is 1.21 bits per heavy atom. The second-order valence-corrected chi connectivity index (χ2v) is 6.43. The summed E-state index contributed by atoms with van der Waals surface area (Å²) in [7, 11) is 0. The quantitative estimate of drug-likeness (QED) is 0.842. The summed E-state index contributed by atoms with van der Waals surface area (Å²) in [5.74, 6) is 2.28. The summed E-state index contributed by atoms with van der Waals surface area (Å²) in [6.45, 7) is 4.96. The van der Waals surface area contributed by atoms with Crippen LogP contribution in [-0.2, 0) is 0 Å². The summed E-state index contributed by atoms with van der Waals surface area (Å²) in [5, 5.41) is 7.41. The van der Waals surface area contributed by atoms with Crippen LogP contribution >= 0.6 is 23.4 Å². The summed E-state index contributed by atoms with van der Waals surface area (Å²) in [4.78, 5) is 12.5. The van der Waals surface area contributed by atoms with E-state index in [-0.39, 0.29) is 5.28 Å². The molecule has 1 heterocycles. The molecular formula is C12H20ClN5S. The number of rotatable bonds is 6. The first-order chi connectivity index (χ1) is 9.21. The van der Waals surface area contributed by atoms with Gasteiger partial charge in [0.15, 0.2) is 0 Å². The van der Waals surface area contributed by atoms with Crippen molar-refractivity contribution in [1.29, 1.82) is 0 Å². The van der Waals surface area contributed by atoms with E-state index in [1.54, 1.807) is 0 Å². The smallest absolute Gasteiger partial charge is 0.229 e. The van der Waals surface area contributed by atoms with E-state index in [4.69, 9.17) is 11.6 Å². The second kappa shape index (κ2) is 7.14. The molecule has 1 aromatic heterocycles. The van der Waals surface area contributed by atoms with Crippen LogP contribution in [0, 0.1) is 0 Å². The third-order valence-electron chi connectivity index (χ3n) is 3.06. The highest BCUT2D eigenvalue weighted by Gasteiger charge is 2.25. The molecule has 106 valence electrons. The van der Waals surface area contributed by atoms with Crippen molar-refractivity contribution in [3.8, 4) is 0 Å². The number of thioether (sulfide) groups is 1. The minimum absolute atomic E-state index is 0.228. The summed E-state index contributed by atoms with van der Waals surface area (Å²) in [5.41, 5.74) is 0. The Morgan fingerprint density at radius 2 is 2.00 bits per heavy atom. The topological polar surface area (TPSA) is 62.7 Å². The highest BCUT2D eigenvalue weighted by Crippen LogP contribution is 2.31. The van der Waals surface area contributed by atoms with Gasteiger partial charge < -0.3 is 10.6 Å². The summed E-state index contributed by atoms with van der Waals surface area (Å²) < 4.78 is 0. The molecule has 2 rings (SSSR count). The fraction of sp³-hybridized carbons (Fsp3) is 0.750. The van der Waals surface area contributed by atoms with Gasteiger partial charge in [-0.25, -0.2) is 0 Å². The van der Waals surface area contributed by atoms with Gasteiger partial charge in [0.2, 0.25) is 17.2 Å². The molecule has 0 bridgehead atoms. The van der Waals surface area contributed by atoms with Crippen LogP contribution in [-0.4, -0.2) is 38.5 Å². The zero-order valence-electron chi connectivity index (χ0n) is 11.3. The van der Waals surface area contributed by atoms with E-state index >= 15 is 0 Å². The van der Waals surface area contributed by atoms with Crippen molar-refractivity contribution in [3.63, 3.8) is 0 Å². The Balaban J connectivity index is 1.95. The first-order valence-corrected chi connectivity index (χ1v) is 8.17. The van der Waals surface area contributed by atoms with E-state index in [2.05, 4.69) is 32.5 Å². The molecule has 0 amide bonds. The van der Waals surface area contributed by atoms with Crippen LogP contribution in [0.3, 0.4) is 0 Å². The molecule has 0 spiro atoms. The summed E-state index contributed by atoms with van der Waals surface area (Å²) in [6, 6.07) is 0.442. The maximum Gasteiger partial charge on any atom is 0.229 e. The molecule has 2 unspecified atom stereocenters. The van der Waals surface area contributed by atoms with Crippen LogP contribution in [0.4, 0.5) is 11.9 Å². The summed E-state index contributed by atoms with van der Waals surface area (Å²) >= 11 is 7.94. The number of aromatic nitrogens is 3. The lowest BCUT2D eigenvalue weighted by atomic mass is 10.2. The van der Waals surface area contributed by atoms with Crippen molar-refractivity contribution in [2.75, 3.05) is 22.9 Å². The van der Waals surface area contributed by atoms with Gasteiger partial charge in [-0.2, -0.15) is 26.7 Å². The molecule has 5 nitrogen and oxygen atoms in total. The average Bonchev–Trinajstić information content (AvgIpc) is 2.76. The van der Waals surface area contributed by atoms with Crippen molar-refractivity contribution in [2.24, 2.45) is 0 Å². The van der Waals surface area contributed by atoms with Crippen molar-refractivity contribution in [2.45, 2.75) is 44.4 Å². The zero-order chi connectivity index (χ0) is 13.7. The highest BCUT2D eigenvalue weighted by atomic mass is 35.5. The van der Waals surface area contributed by atoms with E-state index < -0.39 is 0 Å². The van der Waals surface area contributed by atoms with Gasteiger partial charge in [-0.1, -0.05) is 6.92 Å². The molecule has 2 N–H and O–H groups in total. The van der Waals surface area contributed by atoms with Gasteiger partial charge in [0.05, 0.1) is 0 Å². The Hall–Kier alpha value is -0.750. The first kappa shape index (κ1) is 14.7. The third kappa shape index (κ3) is 4.38. The number of anilines is 2. The standard InChI is InChI=1S/C12H20ClN5S/c1-3-14-11-16-10(13)17-12(18-11)15-8-5-6-9(7-8)19-4-2/h8-9H,3-7H2,1-2H3,(H2,14,15,16,17,18). The lowest BCUT2D eigenvalue weighted by Gasteiger charge is -2.13. The maximum atomic E-state index is 5.90. The van der Waals surface area contributed by atoms with Gasteiger partial charge >= 0.3 is 0 Å². The monoisotopic (exact) mass is 301 g/mol. The van der Waals surface area contributed by atoms with E-state index in [0.717, 1.165) is 18.2 Å². The van der Waals surface area contributed by atoms with Gasteiger partial charge in [0.1, 0.15) is 0 Å². The molecule has 2 atom stereocenters. The van der Waals surface area contributed by atoms with Gasteiger partial charge in [-0.3, -0.25) is 0 Å². The highest BCUT2D eigenvalue weighted by molar-refractivity contribution is 7.99. The molecular weight excluding hydrogens is 282 g/mol. The minimum atomic E-state index is 0.228. The fourth-order valence-electron chi connectivity index (χ4n) is 2.29. The molecule has 1 saturated carbocycles. The van der Waals surface area contributed by atoms with Gasteiger partial charge in [0, 0.05) is 17.8 Å². The Labute approximate surface area is 123 Å². The number of nitrogens with one attached hydrogen (secondary N) is 2. The predicted molar refractivity (Wildman–Crippen MR) is 82.2 cm³/mol. The van der Waals surface area contributed by atoms with Crippen molar-refractivity contribution >= 4 is 35.3 Å². The lowest BCUT2D eigenvalue weighted by molar-refractivity contribution is 0.743. The number of hydrogen-bond acceptors (Lipinski definition) is 6. The zero-order valence-corrected chi connectivity index (χ0v) is 12.9. The number of nitrogens with zero attached hydrogens (tertiary/aromatic N) is 3. The molecule has 0 radical (unpaired) electrons. The van der Waals surface area contributed by atoms with Gasteiger partial charge in [0.25, 0.3) is 0 Å². The van der Waals surface area contributed by atoms with E-state index in [0.29, 0.717) is 17.9 Å². The average molecular weight is 302 g/mol. The molecule has 1 aromatic rings. The molecule has 0 saturated heterocycles. The van der Waals surface area contributed by atoms with Crippen LogP contribution in [0.25, 0.3) is 0 Å². The molecule has 1 fully saturated rings. The van der Waals surface area contributed by atoms with Crippen LogP contribution in [0.1, 0.15) is 33.1 Å². The van der Waals surface area contributed by atoms with Crippen molar-refractivity contribution in [1.82, 2.24) is 15.0 Å². The number of halogens is 1. The molecule has 1 aliphatic rings. The minimum Gasteiger partial charge on any atom is -0.354 e. The van der Waals surface area contributed by atoms with E-state index in [9.17, 15) is 0 Å². The summed E-state index contributed by atoms with van der Waals surface area (Å²) in [6.07, 6.45) is 3.59. The Bertz CT molecular complexity index is 417. The van der Waals surface area contributed by atoms with Crippen molar-refractivity contribution in [3.05, 3.63) is 5.28 Å². The largest absolute Gasteiger partial charge is 0.354 e. The molecule has 7 heteroatoms. The van der Waals surface area contributed by atoms with Crippen LogP contribution < -0.4 is 10.6 Å². The van der Waals surface area contributed by atoms with E-state index in [1.807, 2.05) is 18.7 Å². The maximum absolute atomic E-state index is 5.90. The first-order valence-electron chi connectivity index (χ1n) is 6.74. The molecule has 19 heavy (non-hydrogen) atoms. The second-order valence-electron chi connectivity index (χ2n) is 4.51. The molecule has 0 aliphatic heterocycles. The normalized spacial score (nSPS) is 22.5. The van der Waals surface area contributed by atoms with Crippen LogP contribution in [0.2, 0.25) is 5.28 Å². The Kier molecular flexibility index (Phi) is 5.51. The third-order valence-corrected chi connectivity index (χ3v) is 4.47. The van der Waals surface area contributed by atoms with E-state index in [1.165, 1.54) is 18.6 Å². The SMILES string of the molecule is CCNc1nc(Cl)nc(NC2CCC(SCC)C2)n1. The molecule has 0 aromatic carbocycles. The van der Waals surface area contributed by atoms with Crippen LogP contribution in [0.5, 0.6) is 0 Å². The predicted octanol–water partition coefficient (Wildman–Crippen LogP) is 3.04.